The van der Waals surface area contributed by atoms with Crippen molar-refractivity contribution in [3.05, 3.63) is 11.8 Å². The van der Waals surface area contributed by atoms with Gasteiger partial charge in [0, 0.05) is 18.5 Å². The number of nitrogens with one attached hydrogen (secondary N) is 2. The maximum Gasteiger partial charge on any atom is 0.345 e. The standard InChI is InChI=1S/C18H25F4N5O3/c1-10(9-30-17(21)22)26-18-25-7-13(16(29)24-8-14(19)20)15(27-18)23-6-11-2-4-12(28)5-3-11/h6-7,10-12,14,17,28H,2-5,8-9H2,1H3,(H,24,29)(H,25,26,27)/b23-6-/t10-,11?,12?/m0/s1. The molecule has 1 heterocycles. The molecule has 0 aromatic carbocycles. The average molecular weight is 435 g/mol. The second-order valence-electron chi connectivity index (χ2n) is 7.02. The number of aliphatic hydroxyl groups is 1. The van der Waals surface area contributed by atoms with Crippen LogP contribution in [0.5, 0.6) is 0 Å². The van der Waals surface area contributed by atoms with Crippen LogP contribution < -0.4 is 10.6 Å². The molecule has 0 aliphatic heterocycles. The second-order valence-corrected chi connectivity index (χ2v) is 7.02. The van der Waals surface area contributed by atoms with Crippen LogP contribution in [0.2, 0.25) is 0 Å². The summed E-state index contributed by atoms with van der Waals surface area (Å²) in [5.41, 5.74) is -0.0928. The highest BCUT2D eigenvalue weighted by Gasteiger charge is 2.20. The third-order valence-electron chi connectivity index (χ3n) is 4.43. The Morgan fingerprint density at radius 2 is 2.03 bits per heavy atom. The number of rotatable bonds is 10. The first kappa shape index (κ1) is 23.9. The van der Waals surface area contributed by atoms with Gasteiger partial charge in [-0.3, -0.25) is 4.79 Å². The van der Waals surface area contributed by atoms with Gasteiger partial charge in [0.1, 0.15) is 5.56 Å². The molecule has 168 valence electrons. The fourth-order valence-corrected chi connectivity index (χ4v) is 2.87. The number of aliphatic hydroxyl groups excluding tert-OH is 1. The molecule has 0 bridgehead atoms. The molecule has 0 radical (unpaired) electrons. The molecule has 30 heavy (non-hydrogen) atoms. The summed E-state index contributed by atoms with van der Waals surface area (Å²) in [4.78, 5) is 24.5. The van der Waals surface area contributed by atoms with Crippen molar-refractivity contribution in [3.63, 3.8) is 0 Å². The van der Waals surface area contributed by atoms with Gasteiger partial charge in [-0.05, 0) is 38.5 Å². The summed E-state index contributed by atoms with van der Waals surface area (Å²) in [5, 5.41) is 14.4. The van der Waals surface area contributed by atoms with Gasteiger partial charge in [0.2, 0.25) is 5.95 Å². The molecular formula is C18H25F4N5O3. The van der Waals surface area contributed by atoms with Gasteiger partial charge in [-0.15, -0.1) is 0 Å². The number of aromatic nitrogens is 2. The lowest BCUT2D eigenvalue weighted by Crippen LogP contribution is -2.29. The van der Waals surface area contributed by atoms with Crippen molar-refractivity contribution in [1.82, 2.24) is 15.3 Å². The first-order chi connectivity index (χ1) is 14.2. The van der Waals surface area contributed by atoms with E-state index >= 15 is 0 Å². The molecule has 1 aliphatic carbocycles. The molecule has 2 rings (SSSR count). The molecule has 1 saturated carbocycles. The van der Waals surface area contributed by atoms with Gasteiger partial charge in [-0.1, -0.05) is 0 Å². The van der Waals surface area contributed by atoms with E-state index in [0.29, 0.717) is 12.8 Å². The van der Waals surface area contributed by atoms with Crippen LogP contribution in [0.1, 0.15) is 43.0 Å². The molecule has 3 N–H and O–H groups in total. The average Bonchev–Trinajstić information content (AvgIpc) is 2.70. The van der Waals surface area contributed by atoms with Crippen LogP contribution in [-0.4, -0.2) is 65.5 Å². The topological polar surface area (TPSA) is 109 Å². The highest BCUT2D eigenvalue weighted by Crippen LogP contribution is 2.24. The van der Waals surface area contributed by atoms with Gasteiger partial charge in [-0.25, -0.2) is 18.8 Å². The van der Waals surface area contributed by atoms with E-state index in [-0.39, 0.29) is 36.0 Å². The van der Waals surface area contributed by atoms with Crippen LogP contribution in [0, 0.1) is 5.92 Å². The van der Waals surface area contributed by atoms with E-state index in [0.717, 1.165) is 19.0 Å². The van der Waals surface area contributed by atoms with Gasteiger partial charge in [0.05, 0.1) is 19.3 Å². The molecule has 12 heteroatoms. The number of alkyl halides is 4. The number of nitrogens with zero attached hydrogens (tertiary/aromatic N) is 3. The van der Waals surface area contributed by atoms with E-state index in [2.05, 4.69) is 30.3 Å². The number of halogens is 4. The van der Waals surface area contributed by atoms with Gasteiger partial charge in [-0.2, -0.15) is 13.8 Å². The molecule has 1 aliphatic rings. The number of anilines is 1. The fourth-order valence-electron chi connectivity index (χ4n) is 2.87. The SMILES string of the molecule is C[C@@H](COC(F)F)Nc1ncc(C(=O)NCC(F)F)c(/N=C\C2CCC(O)CC2)n1. The molecule has 8 nitrogen and oxygen atoms in total. The van der Waals surface area contributed by atoms with Crippen LogP contribution in [-0.2, 0) is 4.74 Å². The van der Waals surface area contributed by atoms with Crippen molar-refractivity contribution in [2.24, 2.45) is 10.9 Å². The Balaban J connectivity index is 2.16. The van der Waals surface area contributed by atoms with Crippen molar-refractivity contribution in [2.75, 3.05) is 18.5 Å². The monoisotopic (exact) mass is 435 g/mol. The Morgan fingerprint density at radius 3 is 2.67 bits per heavy atom. The predicted molar refractivity (Wildman–Crippen MR) is 102 cm³/mol. The maximum absolute atomic E-state index is 12.4. The first-order valence-electron chi connectivity index (χ1n) is 9.56. The Kier molecular flexibility index (Phi) is 9.37. The number of aliphatic imine (C=N–C) groups is 1. The molecule has 1 fully saturated rings. The lowest BCUT2D eigenvalue weighted by atomic mass is 9.88. The minimum absolute atomic E-state index is 0.0250. The van der Waals surface area contributed by atoms with E-state index in [1.807, 2.05) is 0 Å². The maximum atomic E-state index is 12.4. The molecule has 1 amide bonds. The van der Waals surface area contributed by atoms with Crippen LogP contribution in [0.3, 0.4) is 0 Å². The van der Waals surface area contributed by atoms with Crippen molar-refractivity contribution >= 4 is 23.9 Å². The van der Waals surface area contributed by atoms with Crippen LogP contribution in [0.25, 0.3) is 0 Å². The van der Waals surface area contributed by atoms with Crippen LogP contribution in [0.4, 0.5) is 29.3 Å². The third-order valence-corrected chi connectivity index (χ3v) is 4.43. The van der Waals surface area contributed by atoms with E-state index < -0.39 is 31.5 Å². The predicted octanol–water partition coefficient (Wildman–Crippen LogP) is 2.76. The lowest BCUT2D eigenvalue weighted by molar-refractivity contribution is -0.130. The van der Waals surface area contributed by atoms with Gasteiger partial charge in [0.15, 0.2) is 5.82 Å². The van der Waals surface area contributed by atoms with Gasteiger partial charge >= 0.3 is 6.61 Å². The third kappa shape index (κ3) is 8.19. The summed E-state index contributed by atoms with van der Waals surface area (Å²) >= 11 is 0. The molecule has 1 aromatic heterocycles. The zero-order valence-electron chi connectivity index (χ0n) is 16.4. The smallest absolute Gasteiger partial charge is 0.345 e. The highest BCUT2D eigenvalue weighted by atomic mass is 19.3. The zero-order valence-corrected chi connectivity index (χ0v) is 16.4. The van der Waals surface area contributed by atoms with Crippen molar-refractivity contribution in [3.8, 4) is 0 Å². The number of ether oxygens (including phenoxy) is 1. The van der Waals surface area contributed by atoms with Crippen molar-refractivity contribution in [1.29, 1.82) is 0 Å². The number of hydrogen-bond donors (Lipinski definition) is 3. The summed E-state index contributed by atoms with van der Waals surface area (Å²) in [5.74, 6) is -0.735. The summed E-state index contributed by atoms with van der Waals surface area (Å²) in [7, 11) is 0. The van der Waals surface area contributed by atoms with E-state index in [1.165, 1.54) is 0 Å². The molecular weight excluding hydrogens is 410 g/mol. The first-order valence-corrected chi connectivity index (χ1v) is 9.56. The van der Waals surface area contributed by atoms with E-state index in [4.69, 9.17) is 0 Å². The molecule has 0 unspecified atom stereocenters. The normalized spacial score (nSPS) is 20.7. The van der Waals surface area contributed by atoms with Gasteiger partial charge < -0.3 is 20.5 Å². The number of hydrogen-bond acceptors (Lipinski definition) is 7. The Labute approximate surface area is 171 Å². The molecule has 0 saturated heterocycles. The van der Waals surface area contributed by atoms with E-state index in [1.54, 1.807) is 13.1 Å². The minimum atomic E-state index is -2.91. The zero-order chi connectivity index (χ0) is 22.1. The van der Waals surface area contributed by atoms with Crippen molar-refractivity contribution < 1.29 is 32.2 Å². The lowest BCUT2D eigenvalue weighted by Gasteiger charge is -2.22. The largest absolute Gasteiger partial charge is 0.393 e. The number of carbonyl (C=O) groups excluding carboxylic acids is 1. The van der Waals surface area contributed by atoms with Gasteiger partial charge in [0.25, 0.3) is 12.3 Å². The van der Waals surface area contributed by atoms with Crippen LogP contribution >= 0.6 is 0 Å². The summed E-state index contributed by atoms with van der Waals surface area (Å²) in [6.07, 6.45) is 2.40. The number of amides is 1. The highest BCUT2D eigenvalue weighted by molar-refractivity contribution is 5.98. The molecule has 1 aromatic rings. The fraction of sp³-hybridized carbons (Fsp3) is 0.667. The van der Waals surface area contributed by atoms with Crippen LogP contribution in [0.15, 0.2) is 11.2 Å². The summed E-state index contributed by atoms with van der Waals surface area (Å²) in [6, 6.07) is -0.561. The Morgan fingerprint density at radius 1 is 1.33 bits per heavy atom. The summed E-state index contributed by atoms with van der Waals surface area (Å²) < 4.78 is 53.3. The summed E-state index contributed by atoms with van der Waals surface area (Å²) in [6.45, 7) is -2.47. The number of carbonyl (C=O) groups is 1. The molecule has 0 spiro atoms. The quantitative estimate of drug-likeness (QED) is 0.385. The second kappa shape index (κ2) is 11.7. The van der Waals surface area contributed by atoms with E-state index in [9.17, 15) is 27.5 Å². The minimum Gasteiger partial charge on any atom is -0.393 e. The Hall–Kier alpha value is -2.34. The molecule has 1 atom stereocenters. The van der Waals surface area contributed by atoms with Crippen molar-refractivity contribution in [2.45, 2.75) is 57.8 Å². The Bertz CT molecular complexity index is 715.